The Labute approximate surface area is 104 Å². The van der Waals surface area contributed by atoms with Gasteiger partial charge in [-0.2, -0.15) is 0 Å². The molecule has 0 saturated heterocycles. The molecule has 0 aliphatic heterocycles. The van der Waals surface area contributed by atoms with Crippen molar-refractivity contribution in [2.75, 3.05) is 13.2 Å². The van der Waals surface area contributed by atoms with Gasteiger partial charge in [0.2, 0.25) is 0 Å². The first kappa shape index (κ1) is 14.2. The summed E-state index contributed by atoms with van der Waals surface area (Å²) in [6, 6.07) is 10.1. The van der Waals surface area contributed by atoms with E-state index in [-0.39, 0.29) is 11.6 Å². The van der Waals surface area contributed by atoms with E-state index in [0.717, 1.165) is 6.54 Å². The maximum Gasteiger partial charge on any atom is 0.0717 e. The van der Waals surface area contributed by atoms with Gasteiger partial charge in [0.15, 0.2) is 0 Å². The topological polar surface area (TPSA) is 41.5 Å². The van der Waals surface area contributed by atoms with E-state index in [1.807, 2.05) is 44.2 Å². The van der Waals surface area contributed by atoms with Gasteiger partial charge in [-0.05, 0) is 26.3 Å². The zero-order valence-electron chi connectivity index (χ0n) is 10.9. The lowest BCUT2D eigenvalue weighted by molar-refractivity contribution is 0.0773. The maximum atomic E-state index is 9.51. The van der Waals surface area contributed by atoms with Crippen molar-refractivity contribution in [2.24, 2.45) is 0 Å². The molecule has 1 aromatic rings. The third-order valence-corrected chi connectivity index (χ3v) is 2.98. The molecular formula is C14H23NO2. The van der Waals surface area contributed by atoms with Crippen LogP contribution in [0.4, 0.5) is 0 Å². The third kappa shape index (κ3) is 5.31. The van der Waals surface area contributed by atoms with Gasteiger partial charge in [0, 0.05) is 12.1 Å². The second kappa shape index (κ2) is 6.74. The Morgan fingerprint density at radius 3 is 2.53 bits per heavy atom. The molecule has 1 aromatic carbocycles. The predicted octanol–water partition coefficient (Wildman–Crippen LogP) is 1.95. The lowest BCUT2D eigenvalue weighted by Gasteiger charge is -2.29. The van der Waals surface area contributed by atoms with Gasteiger partial charge in [-0.3, -0.25) is 0 Å². The molecule has 0 heterocycles. The second-order valence-corrected chi connectivity index (χ2v) is 4.86. The standard InChI is InChI=1S/C14H23NO2/c1-12(16)14(2,3)15-9-10-17-11-13-7-5-4-6-8-13/h4-8,12,15-16H,9-11H2,1-3H3. The normalized spacial score (nSPS) is 13.6. The summed E-state index contributed by atoms with van der Waals surface area (Å²) in [6.07, 6.45) is -0.378. The van der Waals surface area contributed by atoms with Crippen molar-refractivity contribution in [1.82, 2.24) is 5.32 Å². The molecule has 0 radical (unpaired) electrons. The molecule has 0 bridgehead atoms. The van der Waals surface area contributed by atoms with Crippen LogP contribution in [0.25, 0.3) is 0 Å². The summed E-state index contributed by atoms with van der Waals surface area (Å²) in [5.74, 6) is 0. The first-order chi connectivity index (χ1) is 8.02. The van der Waals surface area contributed by atoms with Crippen LogP contribution >= 0.6 is 0 Å². The first-order valence-electron chi connectivity index (χ1n) is 6.07. The van der Waals surface area contributed by atoms with E-state index in [9.17, 15) is 5.11 Å². The molecule has 0 aliphatic rings. The van der Waals surface area contributed by atoms with Crippen molar-refractivity contribution in [2.45, 2.75) is 39.0 Å². The smallest absolute Gasteiger partial charge is 0.0717 e. The van der Waals surface area contributed by atoms with Gasteiger partial charge in [-0.1, -0.05) is 30.3 Å². The fraction of sp³-hybridized carbons (Fsp3) is 0.571. The van der Waals surface area contributed by atoms with Crippen molar-refractivity contribution < 1.29 is 9.84 Å². The van der Waals surface area contributed by atoms with Gasteiger partial charge in [-0.15, -0.1) is 0 Å². The first-order valence-corrected chi connectivity index (χ1v) is 6.07. The van der Waals surface area contributed by atoms with E-state index < -0.39 is 0 Å². The summed E-state index contributed by atoms with van der Waals surface area (Å²) in [7, 11) is 0. The van der Waals surface area contributed by atoms with E-state index in [1.165, 1.54) is 5.56 Å². The highest BCUT2D eigenvalue weighted by atomic mass is 16.5. The van der Waals surface area contributed by atoms with Crippen molar-refractivity contribution in [1.29, 1.82) is 0 Å². The fourth-order valence-corrected chi connectivity index (χ4v) is 1.36. The molecule has 0 amide bonds. The molecule has 17 heavy (non-hydrogen) atoms. The lowest BCUT2D eigenvalue weighted by atomic mass is 9.99. The molecule has 1 unspecified atom stereocenters. The lowest BCUT2D eigenvalue weighted by Crippen LogP contribution is -2.49. The van der Waals surface area contributed by atoms with Crippen molar-refractivity contribution in [3.05, 3.63) is 35.9 Å². The summed E-state index contributed by atoms with van der Waals surface area (Å²) in [6.45, 7) is 7.77. The largest absolute Gasteiger partial charge is 0.392 e. The molecule has 3 nitrogen and oxygen atoms in total. The van der Waals surface area contributed by atoms with Gasteiger partial charge in [0.1, 0.15) is 0 Å². The number of hydrogen-bond acceptors (Lipinski definition) is 3. The average molecular weight is 237 g/mol. The molecule has 2 N–H and O–H groups in total. The van der Waals surface area contributed by atoms with E-state index in [4.69, 9.17) is 4.74 Å². The van der Waals surface area contributed by atoms with Gasteiger partial charge in [0.25, 0.3) is 0 Å². The Hall–Kier alpha value is -0.900. The third-order valence-electron chi connectivity index (χ3n) is 2.98. The van der Waals surface area contributed by atoms with Crippen LogP contribution < -0.4 is 5.32 Å². The quantitative estimate of drug-likeness (QED) is 0.712. The van der Waals surface area contributed by atoms with Crippen molar-refractivity contribution >= 4 is 0 Å². The SMILES string of the molecule is CC(O)C(C)(C)NCCOCc1ccccc1. The number of benzene rings is 1. The molecule has 0 saturated carbocycles. The predicted molar refractivity (Wildman–Crippen MR) is 69.9 cm³/mol. The summed E-state index contributed by atoms with van der Waals surface area (Å²) in [4.78, 5) is 0. The molecule has 0 aliphatic carbocycles. The zero-order valence-corrected chi connectivity index (χ0v) is 10.9. The highest BCUT2D eigenvalue weighted by Gasteiger charge is 2.22. The minimum Gasteiger partial charge on any atom is -0.392 e. The van der Waals surface area contributed by atoms with E-state index in [1.54, 1.807) is 6.92 Å². The number of aliphatic hydroxyl groups excluding tert-OH is 1. The van der Waals surface area contributed by atoms with E-state index in [2.05, 4.69) is 5.32 Å². The van der Waals surface area contributed by atoms with Gasteiger partial charge >= 0.3 is 0 Å². The summed E-state index contributed by atoms with van der Waals surface area (Å²) < 4.78 is 5.55. The van der Waals surface area contributed by atoms with Gasteiger partial charge in [0.05, 0.1) is 19.3 Å². The van der Waals surface area contributed by atoms with Crippen LogP contribution in [0.3, 0.4) is 0 Å². The summed E-state index contributed by atoms with van der Waals surface area (Å²) in [5, 5.41) is 12.8. The summed E-state index contributed by atoms with van der Waals surface area (Å²) >= 11 is 0. The highest BCUT2D eigenvalue weighted by Crippen LogP contribution is 2.07. The Morgan fingerprint density at radius 2 is 1.94 bits per heavy atom. The van der Waals surface area contributed by atoms with Gasteiger partial charge < -0.3 is 15.2 Å². The van der Waals surface area contributed by atoms with Crippen LogP contribution in [0.5, 0.6) is 0 Å². The minimum atomic E-state index is -0.378. The Kier molecular flexibility index (Phi) is 5.62. The monoisotopic (exact) mass is 237 g/mol. The van der Waals surface area contributed by atoms with Crippen molar-refractivity contribution in [3.63, 3.8) is 0 Å². The molecule has 3 heteroatoms. The molecule has 1 atom stereocenters. The van der Waals surface area contributed by atoms with Crippen LogP contribution in [-0.2, 0) is 11.3 Å². The van der Waals surface area contributed by atoms with Crippen LogP contribution in [0.2, 0.25) is 0 Å². The Balaban J connectivity index is 2.13. The molecule has 96 valence electrons. The molecule has 1 rings (SSSR count). The summed E-state index contributed by atoms with van der Waals surface area (Å²) in [5.41, 5.74) is 0.915. The van der Waals surface area contributed by atoms with Crippen LogP contribution in [0, 0.1) is 0 Å². The van der Waals surface area contributed by atoms with E-state index >= 15 is 0 Å². The average Bonchev–Trinajstić information content (AvgIpc) is 2.29. The second-order valence-electron chi connectivity index (χ2n) is 4.86. The number of aliphatic hydroxyl groups is 1. The molecule has 0 spiro atoms. The number of nitrogens with one attached hydrogen (secondary N) is 1. The molecule has 0 fully saturated rings. The molecular weight excluding hydrogens is 214 g/mol. The number of hydrogen-bond donors (Lipinski definition) is 2. The fourth-order valence-electron chi connectivity index (χ4n) is 1.36. The highest BCUT2D eigenvalue weighted by molar-refractivity contribution is 5.13. The maximum absolute atomic E-state index is 9.51. The van der Waals surface area contributed by atoms with Crippen LogP contribution in [0.15, 0.2) is 30.3 Å². The van der Waals surface area contributed by atoms with Crippen LogP contribution in [0.1, 0.15) is 26.3 Å². The minimum absolute atomic E-state index is 0.268. The number of ether oxygens (including phenoxy) is 1. The molecule has 0 aromatic heterocycles. The zero-order chi connectivity index (χ0) is 12.7. The van der Waals surface area contributed by atoms with Crippen LogP contribution in [-0.4, -0.2) is 29.9 Å². The van der Waals surface area contributed by atoms with E-state index in [0.29, 0.717) is 13.2 Å². The Bertz CT molecular complexity index is 309. The Morgan fingerprint density at radius 1 is 1.29 bits per heavy atom. The number of rotatable bonds is 7. The van der Waals surface area contributed by atoms with Crippen molar-refractivity contribution in [3.8, 4) is 0 Å². The van der Waals surface area contributed by atoms with Gasteiger partial charge in [-0.25, -0.2) is 0 Å².